The quantitative estimate of drug-likeness (QED) is 0.216. The van der Waals surface area contributed by atoms with Crippen molar-refractivity contribution in [3.8, 4) is 28.1 Å². The minimum Gasteiger partial charge on any atom is -0.481 e. The molecule has 47 heavy (non-hydrogen) atoms. The van der Waals surface area contributed by atoms with Gasteiger partial charge < -0.3 is 14.7 Å². The Morgan fingerprint density at radius 1 is 0.894 bits per heavy atom. The highest BCUT2D eigenvalue weighted by atomic mass is 19.4. The zero-order valence-electron chi connectivity index (χ0n) is 24.9. The number of aryl methyl sites for hydroxylation is 1. The summed E-state index contributed by atoms with van der Waals surface area (Å²) in [6.07, 6.45) is -5.40. The Morgan fingerprint density at radius 3 is 2.21 bits per heavy atom. The molecule has 6 nitrogen and oxygen atoms in total. The Kier molecular flexibility index (Phi) is 9.28. The number of aromatic carboxylic acids is 1. The van der Waals surface area contributed by atoms with Crippen LogP contribution in [0, 0.1) is 18.7 Å². The summed E-state index contributed by atoms with van der Waals surface area (Å²) in [7, 11) is 1.43. The highest BCUT2D eigenvalue weighted by Gasteiger charge is 2.40. The van der Waals surface area contributed by atoms with Gasteiger partial charge in [-0.3, -0.25) is 0 Å². The van der Waals surface area contributed by atoms with Gasteiger partial charge >= 0.3 is 18.3 Å². The molecule has 1 saturated carbocycles. The number of methoxy groups -OCH3 is 1. The van der Waals surface area contributed by atoms with Crippen molar-refractivity contribution in [2.75, 3.05) is 7.11 Å². The number of alkyl halides is 6. The topological polar surface area (TPSA) is 81.0 Å². The lowest BCUT2D eigenvalue weighted by molar-refractivity contribution is -0.138. The molecule has 6 rings (SSSR count). The molecule has 2 aliphatic rings. The van der Waals surface area contributed by atoms with Crippen LogP contribution in [-0.2, 0) is 17.2 Å². The van der Waals surface area contributed by atoms with E-state index in [0.717, 1.165) is 60.4 Å². The van der Waals surface area contributed by atoms with Crippen molar-refractivity contribution in [2.24, 2.45) is 11.1 Å². The van der Waals surface area contributed by atoms with E-state index in [9.17, 15) is 35.5 Å². The number of ether oxygens (including phenoxy) is 1. The molecule has 1 fully saturated rings. The Hall–Kier alpha value is -4.94. The minimum absolute atomic E-state index is 0.0112. The van der Waals surface area contributed by atoms with Gasteiger partial charge in [0, 0.05) is 23.2 Å². The number of rotatable bonds is 5. The molecule has 0 bridgehead atoms. The maximum Gasteiger partial charge on any atom is 0.416 e. The van der Waals surface area contributed by atoms with Crippen LogP contribution >= 0.6 is 0 Å². The lowest BCUT2D eigenvalue weighted by Crippen LogP contribution is -2.13. The number of nitrogens with zero attached hydrogens (tertiary/aromatic N) is 2. The van der Waals surface area contributed by atoms with Crippen LogP contribution < -0.4 is 4.74 Å². The van der Waals surface area contributed by atoms with E-state index in [1.54, 1.807) is 31.3 Å². The smallest absolute Gasteiger partial charge is 0.416 e. The fraction of sp³-hybridized carbons (Fsp3) is 0.265. The van der Waals surface area contributed by atoms with Gasteiger partial charge in [-0.1, -0.05) is 23.4 Å². The second-order valence-corrected chi connectivity index (χ2v) is 11.1. The standard InChI is InChI=1S/C21H16F3NO3.C13H11F4NO/c1-12-9-14(20(26)27)5-8-17(12)15-10-18(19(28-2)25-11-15)13-3-6-16(7-4-13)21(22,23)24;14-9-5-7(4-8(6-9)13(15,16)17)12-10-2-1-3-11(10)18-19-12/h3-11H,1-2H3,(H,26,27);4-6,10,12H,1-3H2/t;10-,12-/m.1/s1. The summed E-state index contributed by atoms with van der Waals surface area (Å²) < 4.78 is 95.0. The molecule has 2 atom stereocenters. The van der Waals surface area contributed by atoms with Gasteiger partial charge in [0.25, 0.3) is 0 Å². The van der Waals surface area contributed by atoms with E-state index in [4.69, 9.17) is 14.7 Å². The third kappa shape index (κ3) is 7.39. The first-order valence-electron chi connectivity index (χ1n) is 14.3. The Labute approximate surface area is 264 Å². The first kappa shape index (κ1) is 33.4. The van der Waals surface area contributed by atoms with E-state index < -0.39 is 41.4 Å². The van der Waals surface area contributed by atoms with E-state index in [1.165, 1.54) is 25.3 Å². The van der Waals surface area contributed by atoms with E-state index in [2.05, 4.69) is 10.1 Å². The van der Waals surface area contributed by atoms with Crippen molar-refractivity contribution >= 4 is 11.7 Å². The van der Waals surface area contributed by atoms with Crippen molar-refractivity contribution in [3.63, 3.8) is 0 Å². The number of oxime groups is 1. The van der Waals surface area contributed by atoms with Gasteiger partial charge in [-0.2, -0.15) is 26.3 Å². The van der Waals surface area contributed by atoms with E-state index in [1.807, 2.05) is 0 Å². The zero-order chi connectivity index (χ0) is 34.1. The fourth-order valence-electron chi connectivity index (χ4n) is 5.65. The van der Waals surface area contributed by atoms with Crippen LogP contribution in [0.4, 0.5) is 30.7 Å². The molecule has 0 spiro atoms. The Balaban J connectivity index is 0.000000198. The molecule has 2 heterocycles. The first-order chi connectivity index (χ1) is 22.2. The number of carbonyl (C=O) groups is 1. The van der Waals surface area contributed by atoms with Gasteiger partial charge in [-0.25, -0.2) is 14.2 Å². The van der Waals surface area contributed by atoms with Crippen LogP contribution in [0.2, 0.25) is 0 Å². The molecule has 1 N–H and O–H groups in total. The number of carboxylic acid groups (broad SMARTS) is 1. The maximum absolute atomic E-state index is 13.4. The van der Waals surface area contributed by atoms with Crippen LogP contribution in [-0.4, -0.2) is 28.9 Å². The van der Waals surface area contributed by atoms with Crippen LogP contribution in [0.15, 0.2) is 78.1 Å². The van der Waals surface area contributed by atoms with Gasteiger partial charge in [-0.15, -0.1) is 0 Å². The first-order valence-corrected chi connectivity index (χ1v) is 14.3. The molecule has 1 aliphatic heterocycles. The van der Waals surface area contributed by atoms with Gasteiger partial charge in [0.1, 0.15) is 5.82 Å². The second-order valence-electron chi connectivity index (χ2n) is 11.1. The summed E-state index contributed by atoms with van der Waals surface area (Å²) in [5, 5.41) is 13.0. The predicted octanol–water partition coefficient (Wildman–Crippen LogP) is 9.52. The molecule has 1 aromatic heterocycles. The second kappa shape index (κ2) is 13.0. The average molecular weight is 661 g/mol. The van der Waals surface area contributed by atoms with Crippen molar-refractivity contribution in [3.05, 3.63) is 107 Å². The molecule has 13 heteroatoms. The molecular weight excluding hydrogens is 633 g/mol. The van der Waals surface area contributed by atoms with Crippen LogP contribution in [0.3, 0.4) is 0 Å². The Bertz CT molecular complexity index is 1820. The monoisotopic (exact) mass is 660 g/mol. The maximum atomic E-state index is 13.4. The SMILES string of the molecule is COc1ncc(-c2ccc(C(=O)O)cc2C)cc1-c1ccc(C(F)(F)F)cc1.Fc1cc([C@H]2ON=C3CCC[C@H]32)cc(C(F)(F)F)c1. The number of fused-ring (bicyclic) bond motifs is 1. The highest BCUT2D eigenvalue weighted by Crippen LogP contribution is 2.43. The molecule has 0 amide bonds. The van der Waals surface area contributed by atoms with Crippen molar-refractivity contribution in [2.45, 2.75) is 44.6 Å². The highest BCUT2D eigenvalue weighted by molar-refractivity contribution is 5.90. The van der Waals surface area contributed by atoms with Crippen LogP contribution in [0.5, 0.6) is 5.88 Å². The Morgan fingerprint density at radius 2 is 1.60 bits per heavy atom. The summed E-state index contributed by atoms with van der Waals surface area (Å²) in [6, 6.07) is 13.8. The van der Waals surface area contributed by atoms with Crippen molar-refractivity contribution < 1.29 is 50.2 Å². The summed E-state index contributed by atoms with van der Waals surface area (Å²) >= 11 is 0. The normalized spacial score (nSPS) is 17.3. The number of hydrogen-bond donors (Lipinski definition) is 1. The zero-order valence-corrected chi connectivity index (χ0v) is 24.9. The molecule has 0 unspecified atom stereocenters. The number of hydrogen-bond acceptors (Lipinski definition) is 5. The van der Waals surface area contributed by atoms with Gasteiger partial charge in [-0.05, 0) is 97.0 Å². The molecule has 0 radical (unpaired) electrons. The number of benzene rings is 3. The summed E-state index contributed by atoms with van der Waals surface area (Å²) in [5.74, 6) is -1.65. The van der Waals surface area contributed by atoms with Crippen molar-refractivity contribution in [1.82, 2.24) is 4.98 Å². The van der Waals surface area contributed by atoms with Crippen LogP contribution in [0.25, 0.3) is 22.3 Å². The van der Waals surface area contributed by atoms with Gasteiger partial charge in [0.15, 0.2) is 6.10 Å². The van der Waals surface area contributed by atoms with Gasteiger partial charge in [0.05, 0.1) is 29.5 Å². The molecular formula is C34H27F7N2O4. The molecule has 3 aromatic carbocycles. The lowest BCUT2D eigenvalue weighted by atomic mass is 9.93. The fourth-order valence-corrected chi connectivity index (χ4v) is 5.65. The summed E-state index contributed by atoms with van der Waals surface area (Å²) in [5.41, 5.74) is 2.81. The minimum atomic E-state index is -4.56. The van der Waals surface area contributed by atoms with Crippen LogP contribution in [0.1, 0.15) is 58.0 Å². The number of pyridine rings is 1. The summed E-state index contributed by atoms with van der Waals surface area (Å²) in [4.78, 5) is 20.6. The van der Waals surface area contributed by atoms with Gasteiger partial charge in [0.2, 0.25) is 5.88 Å². The summed E-state index contributed by atoms with van der Waals surface area (Å²) in [6.45, 7) is 1.78. The largest absolute Gasteiger partial charge is 0.481 e. The molecule has 4 aromatic rings. The average Bonchev–Trinajstić information content (AvgIpc) is 3.65. The predicted molar refractivity (Wildman–Crippen MR) is 158 cm³/mol. The number of carboxylic acids is 1. The van der Waals surface area contributed by atoms with E-state index in [0.29, 0.717) is 22.8 Å². The lowest BCUT2D eigenvalue weighted by Gasteiger charge is -2.17. The number of aromatic nitrogens is 1. The molecule has 1 aliphatic carbocycles. The molecule has 246 valence electrons. The number of halogens is 7. The van der Waals surface area contributed by atoms with Crippen molar-refractivity contribution in [1.29, 1.82) is 0 Å². The van der Waals surface area contributed by atoms with E-state index in [-0.39, 0.29) is 22.9 Å². The third-order valence-corrected chi connectivity index (χ3v) is 7.95. The third-order valence-electron chi connectivity index (χ3n) is 7.95. The van der Waals surface area contributed by atoms with E-state index >= 15 is 0 Å². The molecule has 0 saturated heterocycles.